The summed E-state index contributed by atoms with van der Waals surface area (Å²) in [6.07, 6.45) is 0. The van der Waals surface area contributed by atoms with Crippen LogP contribution in [0.1, 0.15) is 23.0 Å². The van der Waals surface area contributed by atoms with Gasteiger partial charge in [0, 0.05) is 12.2 Å². The van der Waals surface area contributed by atoms with Crippen molar-refractivity contribution in [2.24, 2.45) is 0 Å². The molecule has 28 heavy (non-hydrogen) atoms. The first-order chi connectivity index (χ1) is 13.5. The Hall–Kier alpha value is -3.13. The number of carbonyl (C=O) groups is 1. The van der Waals surface area contributed by atoms with Gasteiger partial charge in [-0.2, -0.15) is 16.4 Å². The first-order valence-corrected chi connectivity index (χ1v) is 9.87. The van der Waals surface area contributed by atoms with Gasteiger partial charge in [0.1, 0.15) is 6.54 Å². The molecule has 4 rings (SSSR count). The van der Waals surface area contributed by atoms with Crippen molar-refractivity contribution < 1.29 is 9.21 Å². The molecule has 0 bridgehead atoms. The van der Waals surface area contributed by atoms with Gasteiger partial charge in [-0.3, -0.25) is 14.0 Å². The number of fused-ring (bicyclic) bond motifs is 1. The van der Waals surface area contributed by atoms with Gasteiger partial charge < -0.3 is 9.73 Å². The Labute approximate surface area is 165 Å². The van der Waals surface area contributed by atoms with Crippen LogP contribution in [0.4, 0.5) is 0 Å². The molecule has 7 nitrogen and oxygen atoms in total. The van der Waals surface area contributed by atoms with E-state index < -0.39 is 5.76 Å². The largest absolute Gasteiger partial charge is 0.420 e. The van der Waals surface area contributed by atoms with Crippen LogP contribution in [-0.4, -0.2) is 26.8 Å². The predicted molar refractivity (Wildman–Crippen MR) is 108 cm³/mol. The van der Waals surface area contributed by atoms with Gasteiger partial charge in [0.25, 0.3) is 0 Å². The number of aryl methyl sites for hydroxylation is 2. The maximum absolute atomic E-state index is 12.6. The van der Waals surface area contributed by atoms with Crippen molar-refractivity contribution in [1.29, 1.82) is 0 Å². The van der Waals surface area contributed by atoms with Gasteiger partial charge in [0.2, 0.25) is 5.91 Å². The lowest BCUT2D eigenvalue weighted by atomic mass is 10.1. The SMILES string of the molecule is Cc1cc(C)n([C@@H](CNC(=O)Cn2c(=O)oc3ccccc32)c2ccsc2)n1. The van der Waals surface area contributed by atoms with Crippen LogP contribution >= 0.6 is 11.3 Å². The number of oxazole rings is 1. The van der Waals surface area contributed by atoms with E-state index in [0.29, 0.717) is 17.6 Å². The minimum Gasteiger partial charge on any atom is -0.408 e. The molecule has 1 amide bonds. The molecular formula is C20H20N4O3S. The van der Waals surface area contributed by atoms with Crippen LogP contribution in [0.5, 0.6) is 0 Å². The molecule has 0 aliphatic heterocycles. The Morgan fingerprint density at radius 2 is 2.11 bits per heavy atom. The molecule has 0 saturated heterocycles. The third-order valence-corrected chi connectivity index (χ3v) is 5.34. The molecule has 1 N–H and O–H groups in total. The van der Waals surface area contributed by atoms with E-state index in [-0.39, 0.29) is 18.5 Å². The van der Waals surface area contributed by atoms with Crippen LogP contribution in [0.2, 0.25) is 0 Å². The number of hydrogen-bond donors (Lipinski definition) is 1. The second-order valence-corrected chi connectivity index (χ2v) is 7.45. The molecule has 0 aliphatic rings. The summed E-state index contributed by atoms with van der Waals surface area (Å²) in [7, 11) is 0. The first-order valence-electron chi connectivity index (χ1n) is 8.93. The highest BCUT2D eigenvalue weighted by Crippen LogP contribution is 2.22. The van der Waals surface area contributed by atoms with E-state index in [1.807, 2.05) is 36.0 Å². The third-order valence-electron chi connectivity index (χ3n) is 4.64. The van der Waals surface area contributed by atoms with Crippen LogP contribution in [-0.2, 0) is 11.3 Å². The summed E-state index contributed by atoms with van der Waals surface area (Å²) in [6, 6.07) is 11.0. The van der Waals surface area contributed by atoms with Crippen molar-refractivity contribution in [1.82, 2.24) is 19.7 Å². The molecule has 1 atom stereocenters. The van der Waals surface area contributed by atoms with Crippen molar-refractivity contribution in [3.05, 3.63) is 74.7 Å². The van der Waals surface area contributed by atoms with Crippen LogP contribution in [0.25, 0.3) is 11.1 Å². The molecule has 0 saturated carbocycles. The summed E-state index contributed by atoms with van der Waals surface area (Å²) < 4.78 is 8.46. The van der Waals surface area contributed by atoms with Gasteiger partial charge in [0.15, 0.2) is 5.58 Å². The Morgan fingerprint density at radius 1 is 1.29 bits per heavy atom. The van der Waals surface area contributed by atoms with E-state index in [2.05, 4.69) is 15.8 Å². The van der Waals surface area contributed by atoms with E-state index >= 15 is 0 Å². The number of nitrogens with one attached hydrogen (secondary N) is 1. The standard InChI is InChI=1S/C20H20N4O3S/c1-13-9-14(2)24(22-13)17(15-7-8-28-12-15)10-21-19(25)11-23-16-5-3-4-6-18(16)27-20(23)26/h3-9,12,17H,10-11H2,1-2H3,(H,21,25)/t17-/m0/s1. The number of para-hydroxylation sites is 2. The van der Waals surface area contributed by atoms with Gasteiger partial charge in [0.05, 0.1) is 17.3 Å². The molecule has 4 aromatic rings. The van der Waals surface area contributed by atoms with E-state index in [1.54, 1.807) is 35.6 Å². The maximum Gasteiger partial charge on any atom is 0.420 e. The predicted octanol–water partition coefficient (Wildman–Crippen LogP) is 2.88. The Kier molecular flexibility index (Phi) is 4.87. The van der Waals surface area contributed by atoms with Crippen molar-refractivity contribution in [2.75, 3.05) is 6.54 Å². The lowest BCUT2D eigenvalue weighted by Crippen LogP contribution is -2.35. The number of amides is 1. The minimum atomic E-state index is -0.538. The first kappa shape index (κ1) is 18.2. The summed E-state index contributed by atoms with van der Waals surface area (Å²) in [5, 5.41) is 11.6. The quantitative estimate of drug-likeness (QED) is 0.543. The highest BCUT2D eigenvalue weighted by atomic mass is 32.1. The molecule has 3 heterocycles. The van der Waals surface area contributed by atoms with Crippen molar-refractivity contribution >= 4 is 28.3 Å². The molecule has 0 aliphatic carbocycles. The minimum absolute atomic E-state index is 0.0939. The molecule has 144 valence electrons. The molecule has 1 aromatic carbocycles. The number of benzene rings is 1. The van der Waals surface area contributed by atoms with Crippen LogP contribution in [0, 0.1) is 13.8 Å². The number of rotatable bonds is 6. The molecule has 3 aromatic heterocycles. The van der Waals surface area contributed by atoms with Gasteiger partial charge >= 0.3 is 5.76 Å². The number of aromatic nitrogens is 3. The summed E-state index contributed by atoms with van der Waals surface area (Å²) in [5.74, 6) is -0.792. The number of carbonyl (C=O) groups excluding carboxylic acids is 1. The smallest absolute Gasteiger partial charge is 0.408 e. The molecule has 0 unspecified atom stereocenters. The number of thiophene rings is 1. The van der Waals surface area contributed by atoms with Crippen molar-refractivity contribution in [2.45, 2.75) is 26.4 Å². The zero-order valence-corrected chi connectivity index (χ0v) is 16.4. The van der Waals surface area contributed by atoms with Gasteiger partial charge in [-0.1, -0.05) is 12.1 Å². The fourth-order valence-corrected chi connectivity index (χ4v) is 4.05. The fourth-order valence-electron chi connectivity index (χ4n) is 3.35. The van der Waals surface area contributed by atoms with Crippen LogP contribution in [0.15, 0.2) is 56.4 Å². The lowest BCUT2D eigenvalue weighted by Gasteiger charge is -2.19. The highest BCUT2D eigenvalue weighted by molar-refractivity contribution is 7.08. The van der Waals surface area contributed by atoms with Crippen molar-refractivity contribution in [3.63, 3.8) is 0 Å². The maximum atomic E-state index is 12.6. The monoisotopic (exact) mass is 396 g/mol. The summed E-state index contributed by atoms with van der Waals surface area (Å²) in [5.41, 5.74) is 4.12. The Bertz CT molecular complexity index is 1170. The average molecular weight is 396 g/mol. The number of nitrogens with zero attached hydrogens (tertiary/aromatic N) is 3. The van der Waals surface area contributed by atoms with E-state index in [0.717, 1.165) is 17.0 Å². The zero-order valence-electron chi connectivity index (χ0n) is 15.6. The Morgan fingerprint density at radius 3 is 2.82 bits per heavy atom. The Balaban J connectivity index is 1.52. The van der Waals surface area contributed by atoms with E-state index in [1.165, 1.54) is 4.57 Å². The van der Waals surface area contributed by atoms with Crippen LogP contribution < -0.4 is 11.1 Å². The average Bonchev–Trinajstić information content (AvgIpc) is 3.37. The lowest BCUT2D eigenvalue weighted by molar-refractivity contribution is -0.121. The summed E-state index contributed by atoms with van der Waals surface area (Å²) >= 11 is 1.60. The van der Waals surface area contributed by atoms with E-state index in [9.17, 15) is 9.59 Å². The van der Waals surface area contributed by atoms with Gasteiger partial charge in [-0.05, 0) is 54.4 Å². The topological polar surface area (TPSA) is 82.1 Å². The number of hydrogen-bond acceptors (Lipinski definition) is 5. The molecule has 0 spiro atoms. The van der Waals surface area contributed by atoms with Crippen molar-refractivity contribution in [3.8, 4) is 0 Å². The summed E-state index contributed by atoms with van der Waals surface area (Å²) in [4.78, 5) is 24.6. The second-order valence-electron chi connectivity index (χ2n) is 6.67. The van der Waals surface area contributed by atoms with Crippen LogP contribution in [0.3, 0.4) is 0 Å². The molecule has 8 heteroatoms. The molecular weight excluding hydrogens is 376 g/mol. The molecule has 0 fully saturated rings. The van der Waals surface area contributed by atoms with Gasteiger partial charge in [-0.15, -0.1) is 0 Å². The normalized spacial score (nSPS) is 12.4. The second kappa shape index (κ2) is 7.47. The van der Waals surface area contributed by atoms with E-state index in [4.69, 9.17) is 4.42 Å². The third kappa shape index (κ3) is 3.50. The zero-order chi connectivity index (χ0) is 19.7. The van der Waals surface area contributed by atoms with Gasteiger partial charge in [-0.25, -0.2) is 4.79 Å². The summed E-state index contributed by atoms with van der Waals surface area (Å²) in [6.45, 7) is 4.23. The highest BCUT2D eigenvalue weighted by Gasteiger charge is 2.19. The molecule has 0 radical (unpaired) electrons. The fraction of sp³-hybridized carbons (Fsp3) is 0.250.